The van der Waals surface area contributed by atoms with Gasteiger partial charge in [-0.15, -0.1) is 0 Å². The van der Waals surface area contributed by atoms with E-state index < -0.39 is 21.7 Å². The standard InChI is InChI=1S/C19H24N2O4S/c1-14(25-16-10-6-5-7-11-16)18(22)20-15-9-8-12-17(13-15)26(23,24)21-19(2,3)4/h5-14,21H,1-4H3,(H,20,22). The molecule has 0 aliphatic carbocycles. The minimum absolute atomic E-state index is 0.0851. The van der Waals surface area contributed by atoms with Crippen LogP contribution in [0.3, 0.4) is 0 Å². The van der Waals surface area contributed by atoms with E-state index in [1.54, 1.807) is 52.0 Å². The number of hydrogen-bond acceptors (Lipinski definition) is 4. The van der Waals surface area contributed by atoms with Crippen molar-refractivity contribution in [1.29, 1.82) is 0 Å². The summed E-state index contributed by atoms with van der Waals surface area (Å²) in [5, 5.41) is 2.68. The van der Waals surface area contributed by atoms with Gasteiger partial charge in [0.25, 0.3) is 5.91 Å². The summed E-state index contributed by atoms with van der Waals surface area (Å²) in [7, 11) is -3.68. The lowest BCUT2D eigenvalue weighted by atomic mass is 10.1. The lowest BCUT2D eigenvalue weighted by molar-refractivity contribution is -0.122. The molecule has 7 heteroatoms. The lowest BCUT2D eigenvalue weighted by Crippen LogP contribution is -2.40. The number of para-hydroxylation sites is 1. The van der Waals surface area contributed by atoms with Crippen LogP contribution in [-0.2, 0) is 14.8 Å². The number of benzene rings is 2. The molecule has 0 aromatic heterocycles. The molecule has 0 aliphatic rings. The maximum absolute atomic E-state index is 12.4. The van der Waals surface area contributed by atoms with E-state index in [9.17, 15) is 13.2 Å². The molecular formula is C19H24N2O4S. The molecule has 0 heterocycles. The van der Waals surface area contributed by atoms with Gasteiger partial charge in [-0.2, -0.15) is 0 Å². The van der Waals surface area contributed by atoms with Crippen molar-refractivity contribution in [2.75, 3.05) is 5.32 Å². The van der Waals surface area contributed by atoms with E-state index in [0.717, 1.165) is 0 Å². The second-order valence-electron chi connectivity index (χ2n) is 6.95. The molecule has 2 aromatic carbocycles. The minimum Gasteiger partial charge on any atom is -0.481 e. The summed E-state index contributed by atoms with van der Waals surface area (Å²) in [6.07, 6.45) is -0.731. The van der Waals surface area contributed by atoms with E-state index >= 15 is 0 Å². The fourth-order valence-electron chi connectivity index (χ4n) is 2.20. The molecule has 140 valence electrons. The Balaban J connectivity index is 2.09. The first kappa shape index (κ1) is 19.9. The smallest absolute Gasteiger partial charge is 0.265 e. The number of hydrogen-bond donors (Lipinski definition) is 2. The fourth-order valence-corrected chi connectivity index (χ4v) is 3.67. The highest BCUT2D eigenvalue weighted by molar-refractivity contribution is 7.89. The molecule has 1 unspecified atom stereocenters. The summed E-state index contributed by atoms with van der Waals surface area (Å²) in [6, 6.07) is 15.1. The van der Waals surface area contributed by atoms with Crippen molar-refractivity contribution in [2.45, 2.75) is 44.2 Å². The summed E-state index contributed by atoms with van der Waals surface area (Å²) < 4.78 is 33.0. The Hall–Kier alpha value is -2.38. The van der Waals surface area contributed by atoms with Gasteiger partial charge in [0.2, 0.25) is 10.0 Å². The van der Waals surface area contributed by atoms with Gasteiger partial charge in [-0.05, 0) is 58.0 Å². The van der Waals surface area contributed by atoms with Crippen molar-refractivity contribution in [2.24, 2.45) is 0 Å². The molecule has 2 N–H and O–H groups in total. The van der Waals surface area contributed by atoms with Crippen LogP contribution in [0.1, 0.15) is 27.7 Å². The molecule has 0 saturated heterocycles. The summed E-state index contributed by atoms with van der Waals surface area (Å²) in [5.74, 6) is 0.216. The van der Waals surface area contributed by atoms with Crippen molar-refractivity contribution in [1.82, 2.24) is 4.72 Å². The summed E-state index contributed by atoms with van der Waals surface area (Å²) in [4.78, 5) is 12.4. The number of amides is 1. The number of ether oxygens (including phenoxy) is 1. The van der Waals surface area contributed by atoms with Crippen LogP contribution in [0.4, 0.5) is 5.69 Å². The average Bonchev–Trinajstić information content (AvgIpc) is 2.54. The van der Waals surface area contributed by atoms with Gasteiger partial charge in [-0.1, -0.05) is 24.3 Å². The van der Waals surface area contributed by atoms with Gasteiger partial charge < -0.3 is 10.1 Å². The molecule has 0 fully saturated rings. The van der Waals surface area contributed by atoms with Crippen molar-refractivity contribution < 1.29 is 17.9 Å². The number of sulfonamides is 1. The molecule has 0 spiro atoms. The van der Waals surface area contributed by atoms with E-state index in [2.05, 4.69) is 10.0 Å². The molecule has 0 radical (unpaired) electrons. The van der Waals surface area contributed by atoms with Crippen molar-refractivity contribution in [3.05, 3.63) is 54.6 Å². The van der Waals surface area contributed by atoms with Crippen LogP contribution in [0.5, 0.6) is 5.75 Å². The van der Waals surface area contributed by atoms with Crippen LogP contribution in [0.25, 0.3) is 0 Å². The lowest BCUT2D eigenvalue weighted by Gasteiger charge is -2.20. The highest BCUT2D eigenvalue weighted by Gasteiger charge is 2.22. The summed E-state index contributed by atoms with van der Waals surface area (Å²) in [5.41, 5.74) is -0.217. The van der Waals surface area contributed by atoms with Crippen LogP contribution in [-0.4, -0.2) is 26.0 Å². The highest BCUT2D eigenvalue weighted by Crippen LogP contribution is 2.18. The normalized spacial score (nSPS) is 13.1. The number of nitrogens with one attached hydrogen (secondary N) is 2. The molecule has 2 aromatic rings. The predicted octanol–water partition coefficient (Wildman–Crippen LogP) is 3.17. The molecule has 0 saturated carbocycles. The maximum atomic E-state index is 12.4. The van der Waals surface area contributed by atoms with E-state index in [4.69, 9.17) is 4.74 Å². The third kappa shape index (κ3) is 5.86. The van der Waals surface area contributed by atoms with Crippen molar-refractivity contribution in [3.63, 3.8) is 0 Å². The molecule has 6 nitrogen and oxygen atoms in total. The Morgan fingerprint density at radius 3 is 2.31 bits per heavy atom. The zero-order chi connectivity index (χ0) is 19.4. The zero-order valence-corrected chi connectivity index (χ0v) is 16.1. The van der Waals surface area contributed by atoms with Crippen LogP contribution in [0, 0.1) is 0 Å². The Morgan fingerprint density at radius 1 is 1.04 bits per heavy atom. The van der Waals surface area contributed by atoms with Gasteiger partial charge in [0.15, 0.2) is 6.10 Å². The first-order chi connectivity index (χ1) is 12.1. The molecule has 0 bridgehead atoms. The number of anilines is 1. The Morgan fingerprint density at radius 2 is 1.69 bits per heavy atom. The quantitative estimate of drug-likeness (QED) is 0.811. The van der Waals surface area contributed by atoms with E-state index in [1.165, 1.54) is 12.1 Å². The molecule has 26 heavy (non-hydrogen) atoms. The number of carbonyl (C=O) groups is 1. The van der Waals surface area contributed by atoms with Gasteiger partial charge in [-0.25, -0.2) is 13.1 Å². The number of rotatable bonds is 6. The molecule has 1 atom stereocenters. The largest absolute Gasteiger partial charge is 0.481 e. The fraction of sp³-hybridized carbons (Fsp3) is 0.316. The van der Waals surface area contributed by atoms with E-state index in [-0.39, 0.29) is 10.8 Å². The predicted molar refractivity (Wildman–Crippen MR) is 102 cm³/mol. The highest BCUT2D eigenvalue weighted by atomic mass is 32.2. The van der Waals surface area contributed by atoms with Crippen molar-refractivity contribution >= 4 is 21.6 Å². The monoisotopic (exact) mass is 376 g/mol. The first-order valence-corrected chi connectivity index (χ1v) is 9.72. The van der Waals surface area contributed by atoms with E-state index in [0.29, 0.717) is 11.4 Å². The first-order valence-electron chi connectivity index (χ1n) is 8.23. The average molecular weight is 376 g/mol. The van der Waals surface area contributed by atoms with Crippen LogP contribution in [0.15, 0.2) is 59.5 Å². The minimum atomic E-state index is -3.68. The van der Waals surface area contributed by atoms with Crippen molar-refractivity contribution in [3.8, 4) is 5.75 Å². The van der Waals surface area contributed by atoms with Gasteiger partial charge >= 0.3 is 0 Å². The SMILES string of the molecule is CC(Oc1ccccc1)C(=O)Nc1cccc(S(=O)(=O)NC(C)(C)C)c1. The molecule has 0 aliphatic heterocycles. The van der Waals surface area contributed by atoms with Gasteiger partial charge in [-0.3, -0.25) is 4.79 Å². The third-order valence-electron chi connectivity index (χ3n) is 3.28. The van der Waals surface area contributed by atoms with Crippen LogP contribution in [0.2, 0.25) is 0 Å². The van der Waals surface area contributed by atoms with Gasteiger partial charge in [0.1, 0.15) is 5.75 Å². The second-order valence-corrected chi connectivity index (χ2v) is 8.63. The summed E-state index contributed by atoms with van der Waals surface area (Å²) >= 11 is 0. The van der Waals surface area contributed by atoms with E-state index in [1.807, 2.05) is 18.2 Å². The second kappa shape index (κ2) is 7.88. The molecule has 2 rings (SSSR count). The molecular weight excluding hydrogens is 352 g/mol. The van der Waals surface area contributed by atoms with Crippen LogP contribution < -0.4 is 14.8 Å². The summed E-state index contributed by atoms with van der Waals surface area (Å²) in [6.45, 7) is 6.92. The topological polar surface area (TPSA) is 84.5 Å². The Bertz CT molecular complexity index is 859. The van der Waals surface area contributed by atoms with Crippen LogP contribution >= 0.6 is 0 Å². The number of carbonyl (C=O) groups excluding carboxylic acids is 1. The van der Waals surface area contributed by atoms with Gasteiger partial charge in [0.05, 0.1) is 4.90 Å². The Kier molecular flexibility index (Phi) is 6.05. The maximum Gasteiger partial charge on any atom is 0.265 e. The third-order valence-corrected chi connectivity index (χ3v) is 5.03. The molecule has 1 amide bonds. The zero-order valence-electron chi connectivity index (χ0n) is 15.3. The van der Waals surface area contributed by atoms with Gasteiger partial charge in [0, 0.05) is 11.2 Å². The Labute approximate surface area is 154 Å².